The smallest absolute Gasteiger partial charge is 0.378 e. The Bertz CT molecular complexity index is 861. The van der Waals surface area contributed by atoms with E-state index in [2.05, 4.69) is 21.2 Å². The number of alkyl halides is 3. The molecule has 0 aliphatic carbocycles. The minimum Gasteiger partial charge on any atom is -0.378 e. The predicted molar refractivity (Wildman–Crippen MR) is 107 cm³/mol. The maximum absolute atomic E-state index is 13.5. The van der Waals surface area contributed by atoms with Gasteiger partial charge in [-0.15, -0.1) is 11.3 Å². The van der Waals surface area contributed by atoms with Crippen molar-refractivity contribution in [2.45, 2.75) is 12.7 Å². The van der Waals surface area contributed by atoms with Crippen LogP contribution in [-0.2, 0) is 22.3 Å². The van der Waals surface area contributed by atoms with Gasteiger partial charge in [-0.1, -0.05) is 6.07 Å². The van der Waals surface area contributed by atoms with Crippen molar-refractivity contribution in [3.05, 3.63) is 56.2 Å². The Kier molecular flexibility index (Phi) is 6.79. The van der Waals surface area contributed by atoms with Crippen LogP contribution in [0.15, 0.2) is 40.2 Å². The number of rotatable bonds is 5. The largest absolute Gasteiger partial charge is 0.416 e. The molecule has 150 valence electrons. The van der Waals surface area contributed by atoms with Crippen LogP contribution in [-0.4, -0.2) is 32.2 Å². The molecule has 4 nitrogen and oxygen atoms in total. The molecule has 0 unspecified atom stereocenters. The van der Waals surface area contributed by atoms with E-state index in [1.165, 1.54) is 23.5 Å². The lowest BCUT2D eigenvalue weighted by Crippen LogP contribution is -2.36. The van der Waals surface area contributed by atoms with Crippen LogP contribution in [0.2, 0.25) is 0 Å². The monoisotopic (exact) mass is 474 g/mol. The average molecular weight is 475 g/mol. The zero-order valence-corrected chi connectivity index (χ0v) is 17.2. The number of thiophene rings is 1. The molecule has 0 saturated carbocycles. The van der Waals surface area contributed by atoms with E-state index in [0.717, 1.165) is 14.7 Å². The Hall–Kier alpha value is -1.84. The summed E-state index contributed by atoms with van der Waals surface area (Å²) in [5.41, 5.74) is -0.193. The number of hydrogen-bond acceptors (Lipinski definition) is 4. The predicted octanol–water partition coefficient (Wildman–Crippen LogP) is 4.70. The molecule has 0 bridgehead atoms. The van der Waals surface area contributed by atoms with Crippen molar-refractivity contribution in [2.75, 3.05) is 31.2 Å². The second-order valence-corrected chi connectivity index (χ2v) is 8.63. The zero-order valence-electron chi connectivity index (χ0n) is 14.8. The third-order valence-corrected chi connectivity index (χ3v) is 5.81. The van der Waals surface area contributed by atoms with E-state index in [4.69, 9.17) is 4.74 Å². The molecule has 2 heterocycles. The van der Waals surface area contributed by atoms with Gasteiger partial charge in [0.1, 0.15) is 0 Å². The van der Waals surface area contributed by atoms with Gasteiger partial charge in [0.25, 0.3) is 0 Å². The summed E-state index contributed by atoms with van der Waals surface area (Å²) in [6, 6.07) is 7.92. The van der Waals surface area contributed by atoms with Crippen molar-refractivity contribution >= 4 is 44.9 Å². The molecular weight excluding hydrogens is 457 g/mol. The van der Waals surface area contributed by atoms with E-state index in [-0.39, 0.29) is 12.1 Å². The van der Waals surface area contributed by atoms with Crippen molar-refractivity contribution in [2.24, 2.45) is 0 Å². The number of amides is 1. The lowest BCUT2D eigenvalue weighted by atomic mass is 10.0. The molecule has 0 atom stereocenters. The maximum Gasteiger partial charge on any atom is 0.416 e. The molecule has 1 saturated heterocycles. The van der Waals surface area contributed by atoms with Gasteiger partial charge in [0, 0.05) is 36.3 Å². The number of halogens is 4. The van der Waals surface area contributed by atoms with Crippen molar-refractivity contribution in [3.63, 3.8) is 0 Å². The number of carbonyl (C=O) groups excluding carboxylic acids is 1. The van der Waals surface area contributed by atoms with Gasteiger partial charge in [-0.25, -0.2) is 0 Å². The number of anilines is 1. The molecule has 1 aliphatic heterocycles. The molecule has 1 fully saturated rings. The first-order chi connectivity index (χ1) is 13.3. The Balaban J connectivity index is 1.69. The first kappa shape index (κ1) is 20.9. The van der Waals surface area contributed by atoms with Gasteiger partial charge < -0.3 is 15.0 Å². The molecule has 0 radical (unpaired) electrons. The number of benzene rings is 1. The molecule has 1 N–H and O–H groups in total. The van der Waals surface area contributed by atoms with E-state index in [1.807, 2.05) is 17.0 Å². The summed E-state index contributed by atoms with van der Waals surface area (Å²) in [5.74, 6) is -0.449. The summed E-state index contributed by atoms with van der Waals surface area (Å²) < 4.78 is 46.7. The van der Waals surface area contributed by atoms with Crippen LogP contribution in [0, 0.1) is 0 Å². The third kappa shape index (κ3) is 5.59. The SMILES string of the molecule is O=C(C=Cc1ccc(Br)s1)NCc1ccc(N2CCOCC2)cc1C(F)(F)F. The van der Waals surface area contributed by atoms with Gasteiger partial charge in [-0.3, -0.25) is 4.79 Å². The van der Waals surface area contributed by atoms with Crippen molar-refractivity contribution in [1.82, 2.24) is 5.32 Å². The quantitative estimate of drug-likeness (QED) is 0.638. The number of nitrogens with zero attached hydrogens (tertiary/aromatic N) is 1. The van der Waals surface area contributed by atoms with E-state index < -0.39 is 17.6 Å². The van der Waals surface area contributed by atoms with E-state index >= 15 is 0 Å². The summed E-state index contributed by atoms with van der Waals surface area (Å²) in [6.45, 7) is 1.89. The Labute approximate surface area is 173 Å². The fourth-order valence-electron chi connectivity index (χ4n) is 2.82. The van der Waals surface area contributed by atoms with Crippen molar-refractivity contribution in [1.29, 1.82) is 0 Å². The fraction of sp³-hybridized carbons (Fsp3) is 0.316. The number of nitrogens with one attached hydrogen (secondary N) is 1. The summed E-state index contributed by atoms with van der Waals surface area (Å²) in [5, 5.41) is 2.52. The highest BCUT2D eigenvalue weighted by Crippen LogP contribution is 2.35. The van der Waals surface area contributed by atoms with Crippen LogP contribution in [0.4, 0.5) is 18.9 Å². The van der Waals surface area contributed by atoms with Crippen LogP contribution in [0.5, 0.6) is 0 Å². The van der Waals surface area contributed by atoms with Crippen LogP contribution in [0.1, 0.15) is 16.0 Å². The van der Waals surface area contributed by atoms with Crippen LogP contribution >= 0.6 is 27.3 Å². The molecule has 1 amide bonds. The molecular formula is C19H18BrF3N2O2S. The number of ether oxygens (including phenoxy) is 1. The maximum atomic E-state index is 13.5. The van der Waals surface area contributed by atoms with Gasteiger partial charge in [0.15, 0.2) is 0 Å². The Morgan fingerprint density at radius 1 is 1.25 bits per heavy atom. The first-order valence-electron chi connectivity index (χ1n) is 8.57. The molecule has 1 aliphatic rings. The molecule has 1 aromatic heterocycles. The van der Waals surface area contributed by atoms with E-state index in [0.29, 0.717) is 32.0 Å². The minimum absolute atomic E-state index is 0.0325. The van der Waals surface area contributed by atoms with Crippen LogP contribution < -0.4 is 10.2 Å². The second-order valence-electron chi connectivity index (χ2n) is 6.13. The van der Waals surface area contributed by atoms with Crippen LogP contribution in [0.3, 0.4) is 0 Å². The lowest BCUT2D eigenvalue weighted by Gasteiger charge is -2.29. The van der Waals surface area contributed by atoms with Gasteiger partial charge in [0.05, 0.1) is 22.6 Å². The van der Waals surface area contributed by atoms with Crippen molar-refractivity contribution in [3.8, 4) is 0 Å². The van der Waals surface area contributed by atoms with Crippen molar-refractivity contribution < 1.29 is 22.7 Å². The number of morpholine rings is 1. The van der Waals surface area contributed by atoms with Crippen LogP contribution in [0.25, 0.3) is 6.08 Å². The molecule has 0 spiro atoms. The molecule has 28 heavy (non-hydrogen) atoms. The molecule has 3 rings (SSSR count). The third-order valence-electron chi connectivity index (χ3n) is 4.22. The Morgan fingerprint density at radius 3 is 2.64 bits per heavy atom. The highest BCUT2D eigenvalue weighted by Gasteiger charge is 2.34. The second kappa shape index (κ2) is 9.11. The summed E-state index contributed by atoms with van der Waals surface area (Å²) in [7, 11) is 0. The highest BCUT2D eigenvalue weighted by atomic mass is 79.9. The topological polar surface area (TPSA) is 41.6 Å². The van der Waals surface area contributed by atoms with E-state index in [9.17, 15) is 18.0 Å². The Morgan fingerprint density at radius 2 is 2.00 bits per heavy atom. The standard InChI is InChI=1S/C19H18BrF3N2O2S/c20-17-5-3-15(28-17)4-6-18(26)24-12-13-1-2-14(11-16(13)19(21,22)23)25-7-9-27-10-8-25/h1-6,11H,7-10,12H2,(H,24,26). The molecule has 9 heteroatoms. The zero-order chi connectivity index (χ0) is 20.1. The van der Waals surface area contributed by atoms with Gasteiger partial charge in [-0.2, -0.15) is 13.2 Å². The fourth-order valence-corrected chi connectivity index (χ4v) is 4.14. The summed E-state index contributed by atoms with van der Waals surface area (Å²) in [6.07, 6.45) is -1.56. The molecule has 2 aromatic rings. The highest BCUT2D eigenvalue weighted by molar-refractivity contribution is 9.11. The summed E-state index contributed by atoms with van der Waals surface area (Å²) >= 11 is 4.78. The minimum atomic E-state index is -4.50. The number of carbonyl (C=O) groups is 1. The number of hydrogen-bond donors (Lipinski definition) is 1. The molecule has 1 aromatic carbocycles. The lowest BCUT2D eigenvalue weighted by molar-refractivity contribution is -0.138. The van der Waals surface area contributed by atoms with Gasteiger partial charge >= 0.3 is 6.18 Å². The van der Waals surface area contributed by atoms with Gasteiger partial charge in [0.2, 0.25) is 5.91 Å². The average Bonchev–Trinajstić information content (AvgIpc) is 3.10. The normalized spacial score (nSPS) is 15.2. The van der Waals surface area contributed by atoms with Gasteiger partial charge in [-0.05, 0) is 51.8 Å². The first-order valence-corrected chi connectivity index (χ1v) is 10.2. The van der Waals surface area contributed by atoms with E-state index in [1.54, 1.807) is 12.1 Å². The summed E-state index contributed by atoms with van der Waals surface area (Å²) in [4.78, 5) is 14.7.